The first-order valence-corrected chi connectivity index (χ1v) is 9.43. The molecule has 1 N–H and O–H groups in total. The van der Waals surface area contributed by atoms with Gasteiger partial charge >= 0.3 is 0 Å². The predicted molar refractivity (Wildman–Crippen MR) is 100 cm³/mol. The molecule has 2 aromatic heterocycles. The zero-order valence-corrected chi connectivity index (χ0v) is 14.8. The zero-order chi connectivity index (χ0) is 17.1. The van der Waals surface area contributed by atoms with E-state index in [-0.39, 0.29) is 6.04 Å². The summed E-state index contributed by atoms with van der Waals surface area (Å²) < 4.78 is 2.08. The van der Waals surface area contributed by atoms with Crippen LogP contribution in [0.4, 0.5) is 0 Å². The minimum absolute atomic E-state index is 0.143. The van der Waals surface area contributed by atoms with Gasteiger partial charge in [-0.15, -0.1) is 10.2 Å². The smallest absolute Gasteiger partial charge is 0.160 e. The number of hydrogen-bond acceptors (Lipinski definition) is 3. The fourth-order valence-electron chi connectivity index (χ4n) is 4.13. The van der Waals surface area contributed by atoms with E-state index in [4.69, 9.17) is 0 Å². The van der Waals surface area contributed by atoms with Crippen molar-refractivity contribution in [3.8, 4) is 0 Å². The van der Waals surface area contributed by atoms with E-state index in [1.165, 1.54) is 37.7 Å². The molecule has 1 fully saturated rings. The summed E-state index contributed by atoms with van der Waals surface area (Å²) in [5.41, 5.74) is 2.29. The average molecular weight is 334 g/mol. The van der Waals surface area contributed by atoms with Gasteiger partial charge in [0.2, 0.25) is 0 Å². The Morgan fingerprint density at radius 1 is 0.960 bits per heavy atom. The van der Waals surface area contributed by atoms with Crippen LogP contribution in [0.2, 0.25) is 0 Å². The standard InChI is InChI=1S/C21H26N4/c1-16(21-24-23-19-14-8-9-15-25(19)21)22-20(17-10-4-2-5-11-17)18-12-6-3-7-13-18/h2,4-5,8-11,14-16,18,20,22H,3,6-7,12-13H2,1H3. The molecular weight excluding hydrogens is 308 g/mol. The van der Waals surface area contributed by atoms with Crippen LogP contribution in [0.1, 0.15) is 62.5 Å². The topological polar surface area (TPSA) is 42.2 Å². The lowest BCUT2D eigenvalue weighted by atomic mass is 9.81. The molecule has 0 bridgehead atoms. The summed E-state index contributed by atoms with van der Waals surface area (Å²) >= 11 is 0. The molecule has 4 heteroatoms. The molecule has 2 heterocycles. The number of pyridine rings is 1. The van der Waals surface area contributed by atoms with Crippen LogP contribution in [0.3, 0.4) is 0 Å². The molecule has 1 aliphatic rings. The third kappa shape index (κ3) is 3.45. The fraction of sp³-hybridized carbons (Fsp3) is 0.429. The van der Waals surface area contributed by atoms with Crippen molar-refractivity contribution in [3.63, 3.8) is 0 Å². The summed E-state index contributed by atoms with van der Waals surface area (Å²) in [5, 5.41) is 12.6. The quantitative estimate of drug-likeness (QED) is 0.735. The van der Waals surface area contributed by atoms with Gasteiger partial charge in [-0.3, -0.25) is 4.40 Å². The number of nitrogens with one attached hydrogen (secondary N) is 1. The Hall–Kier alpha value is -2.20. The second-order valence-electron chi connectivity index (χ2n) is 7.16. The van der Waals surface area contributed by atoms with Crippen LogP contribution in [0.15, 0.2) is 54.7 Å². The summed E-state index contributed by atoms with van der Waals surface area (Å²) in [7, 11) is 0. The van der Waals surface area contributed by atoms with Crippen LogP contribution >= 0.6 is 0 Å². The third-order valence-corrected chi connectivity index (χ3v) is 5.44. The molecule has 1 aliphatic carbocycles. The van der Waals surface area contributed by atoms with Crippen LogP contribution in [0.25, 0.3) is 5.65 Å². The van der Waals surface area contributed by atoms with Gasteiger partial charge in [-0.25, -0.2) is 0 Å². The van der Waals surface area contributed by atoms with Crippen molar-refractivity contribution < 1.29 is 0 Å². The molecule has 0 amide bonds. The highest BCUT2D eigenvalue weighted by Crippen LogP contribution is 2.35. The normalized spacial score (nSPS) is 18.3. The molecule has 3 aromatic rings. The summed E-state index contributed by atoms with van der Waals surface area (Å²) in [6, 6.07) is 17.4. The van der Waals surface area contributed by atoms with Gasteiger partial charge in [0.25, 0.3) is 0 Å². The van der Waals surface area contributed by atoms with Gasteiger partial charge in [-0.1, -0.05) is 55.7 Å². The van der Waals surface area contributed by atoms with Crippen LogP contribution < -0.4 is 5.32 Å². The van der Waals surface area contributed by atoms with E-state index in [0.29, 0.717) is 12.0 Å². The number of fused-ring (bicyclic) bond motifs is 1. The maximum absolute atomic E-state index is 4.44. The molecule has 2 atom stereocenters. The van der Waals surface area contributed by atoms with Gasteiger partial charge in [0, 0.05) is 12.2 Å². The van der Waals surface area contributed by atoms with Gasteiger partial charge in [0.05, 0.1) is 6.04 Å². The van der Waals surface area contributed by atoms with Crippen LogP contribution in [0.5, 0.6) is 0 Å². The van der Waals surface area contributed by atoms with Crippen molar-refractivity contribution in [3.05, 3.63) is 66.1 Å². The number of benzene rings is 1. The van der Waals surface area contributed by atoms with E-state index in [2.05, 4.69) is 57.2 Å². The highest BCUT2D eigenvalue weighted by atomic mass is 15.3. The van der Waals surface area contributed by atoms with E-state index < -0.39 is 0 Å². The Labute approximate surface area is 149 Å². The third-order valence-electron chi connectivity index (χ3n) is 5.44. The first-order valence-electron chi connectivity index (χ1n) is 9.43. The Bertz CT molecular complexity index is 805. The SMILES string of the molecule is CC(NC(c1ccccc1)C1CCCCC1)c1nnc2ccccn12. The Kier molecular flexibility index (Phi) is 4.79. The van der Waals surface area contributed by atoms with Gasteiger partial charge in [0.15, 0.2) is 11.5 Å². The van der Waals surface area contributed by atoms with E-state index in [1.807, 2.05) is 24.4 Å². The van der Waals surface area contributed by atoms with Gasteiger partial charge in [0.1, 0.15) is 0 Å². The first-order chi connectivity index (χ1) is 12.3. The second-order valence-corrected chi connectivity index (χ2v) is 7.16. The molecule has 1 saturated carbocycles. The van der Waals surface area contributed by atoms with Crippen LogP contribution in [-0.2, 0) is 0 Å². The van der Waals surface area contributed by atoms with Crippen molar-refractivity contribution in [1.82, 2.24) is 19.9 Å². The van der Waals surface area contributed by atoms with Gasteiger partial charge < -0.3 is 5.32 Å². The van der Waals surface area contributed by atoms with E-state index in [9.17, 15) is 0 Å². The van der Waals surface area contributed by atoms with Crippen molar-refractivity contribution >= 4 is 5.65 Å². The molecule has 1 aromatic carbocycles. The van der Waals surface area contributed by atoms with Crippen LogP contribution in [0, 0.1) is 5.92 Å². The lowest BCUT2D eigenvalue weighted by Crippen LogP contribution is -2.32. The van der Waals surface area contributed by atoms with E-state index in [0.717, 1.165) is 11.5 Å². The lowest BCUT2D eigenvalue weighted by Gasteiger charge is -2.33. The summed E-state index contributed by atoms with van der Waals surface area (Å²) in [6.07, 6.45) is 8.72. The van der Waals surface area contributed by atoms with Gasteiger partial charge in [-0.2, -0.15) is 0 Å². The molecule has 4 nitrogen and oxygen atoms in total. The number of aromatic nitrogens is 3. The minimum Gasteiger partial charge on any atom is -0.300 e. The molecule has 25 heavy (non-hydrogen) atoms. The van der Waals surface area contributed by atoms with E-state index in [1.54, 1.807) is 0 Å². The van der Waals surface area contributed by atoms with Crippen molar-refractivity contribution in [1.29, 1.82) is 0 Å². The molecule has 0 aliphatic heterocycles. The molecule has 2 unspecified atom stereocenters. The summed E-state index contributed by atoms with van der Waals surface area (Å²) in [4.78, 5) is 0. The minimum atomic E-state index is 0.143. The largest absolute Gasteiger partial charge is 0.300 e. The van der Waals surface area contributed by atoms with Crippen LogP contribution in [-0.4, -0.2) is 14.6 Å². The van der Waals surface area contributed by atoms with Crippen molar-refractivity contribution in [2.45, 2.75) is 51.1 Å². The van der Waals surface area contributed by atoms with Crippen molar-refractivity contribution in [2.75, 3.05) is 0 Å². The molecule has 130 valence electrons. The Morgan fingerprint density at radius 2 is 1.72 bits per heavy atom. The molecule has 0 spiro atoms. The Balaban J connectivity index is 1.61. The Morgan fingerprint density at radius 3 is 2.52 bits per heavy atom. The maximum atomic E-state index is 4.44. The summed E-state index contributed by atoms with van der Waals surface area (Å²) in [5.74, 6) is 1.67. The lowest BCUT2D eigenvalue weighted by molar-refractivity contribution is 0.255. The highest BCUT2D eigenvalue weighted by molar-refractivity contribution is 5.37. The van der Waals surface area contributed by atoms with Gasteiger partial charge in [-0.05, 0) is 43.4 Å². The second kappa shape index (κ2) is 7.36. The number of rotatable bonds is 5. The monoisotopic (exact) mass is 334 g/mol. The summed E-state index contributed by atoms with van der Waals surface area (Å²) in [6.45, 7) is 2.20. The maximum Gasteiger partial charge on any atom is 0.160 e. The average Bonchev–Trinajstić information content (AvgIpc) is 3.11. The molecular formula is C21H26N4. The fourth-order valence-corrected chi connectivity index (χ4v) is 4.13. The van der Waals surface area contributed by atoms with Crippen molar-refractivity contribution in [2.24, 2.45) is 5.92 Å². The zero-order valence-electron chi connectivity index (χ0n) is 14.8. The van der Waals surface area contributed by atoms with E-state index >= 15 is 0 Å². The number of nitrogens with zero attached hydrogens (tertiary/aromatic N) is 3. The molecule has 4 rings (SSSR count). The first kappa shape index (κ1) is 16.3. The molecule has 0 saturated heterocycles. The number of hydrogen-bond donors (Lipinski definition) is 1. The highest BCUT2D eigenvalue weighted by Gasteiger charge is 2.27. The predicted octanol–water partition coefficient (Wildman–Crippen LogP) is 4.70. The molecule has 0 radical (unpaired) electrons.